The molecule has 0 spiro atoms. The number of hydrogen-bond acceptors (Lipinski definition) is 6. The maximum absolute atomic E-state index is 14.6. The van der Waals surface area contributed by atoms with Crippen molar-refractivity contribution in [2.24, 2.45) is 0 Å². The number of nitriles is 1. The van der Waals surface area contributed by atoms with Gasteiger partial charge in [0.15, 0.2) is 0 Å². The monoisotopic (exact) mass is 496 g/mol. The zero-order valence-electron chi connectivity index (χ0n) is 13.5. The van der Waals surface area contributed by atoms with Crippen molar-refractivity contribution in [3.8, 4) is 16.3 Å². The van der Waals surface area contributed by atoms with Gasteiger partial charge in [-0.3, -0.25) is 0 Å². The van der Waals surface area contributed by atoms with Gasteiger partial charge in [0.2, 0.25) is 0 Å². The average Bonchev–Trinajstić information content (AvgIpc) is 3.07. The molecule has 8 nitrogen and oxygen atoms in total. The van der Waals surface area contributed by atoms with Gasteiger partial charge < -0.3 is 0 Å². The Hall–Kier alpha value is -1.97. The van der Waals surface area contributed by atoms with Gasteiger partial charge in [0.25, 0.3) is 0 Å². The van der Waals surface area contributed by atoms with E-state index in [1.165, 1.54) is 0 Å². The van der Waals surface area contributed by atoms with Crippen molar-refractivity contribution in [3.05, 3.63) is 27.9 Å². The summed E-state index contributed by atoms with van der Waals surface area (Å²) in [5.74, 6) is -1.02. The first-order chi connectivity index (χ1) is 13.2. The standard InChI is InChI=1S/C14H8ClF3N6O2SSe/c15-13-20-9(11-21-22-12(28-11)10(17)18)7-3-6(4-8(16)24(7)13)27(25,26)23-14(5-19)1-2-14/h3-4,10,23H,1-2H2. The Morgan fingerprint density at radius 2 is 2.07 bits per heavy atom. The van der Waals surface area contributed by atoms with E-state index >= 15 is 0 Å². The van der Waals surface area contributed by atoms with Crippen LogP contribution >= 0.6 is 11.6 Å². The van der Waals surface area contributed by atoms with Gasteiger partial charge in [0.1, 0.15) is 0 Å². The van der Waals surface area contributed by atoms with E-state index < -0.39 is 51.9 Å². The quantitative estimate of drug-likeness (QED) is 0.427. The average molecular weight is 496 g/mol. The van der Waals surface area contributed by atoms with Crippen LogP contribution in [0, 0.1) is 17.3 Å². The molecule has 0 atom stereocenters. The number of nitrogens with one attached hydrogen (secondary N) is 1. The summed E-state index contributed by atoms with van der Waals surface area (Å²) in [7, 11) is -4.22. The van der Waals surface area contributed by atoms with Crippen molar-refractivity contribution in [1.29, 1.82) is 5.26 Å². The molecular formula is C14H8ClF3N6O2SSe. The summed E-state index contributed by atoms with van der Waals surface area (Å²) in [6, 6.07) is 3.72. The SMILES string of the molecule is N#CC1(NS(=O)(=O)c2cc(F)n3c(Cl)nc(-c4nnc(C(F)F)[se]4)c3c2)CC1. The Morgan fingerprint density at radius 1 is 1.36 bits per heavy atom. The first-order valence-electron chi connectivity index (χ1n) is 7.60. The number of halogens is 4. The summed E-state index contributed by atoms with van der Waals surface area (Å²) in [5, 5.41) is 15.8. The van der Waals surface area contributed by atoms with Crippen LogP contribution in [0.5, 0.6) is 0 Å². The summed E-state index contributed by atoms with van der Waals surface area (Å²) in [6.07, 6.45) is -2.09. The number of imidazole rings is 1. The third-order valence-electron chi connectivity index (χ3n) is 4.06. The number of pyridine rings is 1. The van der Waals surface area contributed by atoms with E-state index in [0.29, 0.717) is 12.8 Å². The molecule has 3 aromatic heterocycles. The summed E-state index contributed by atoms with van der Waals surface area (Å²) >= 11 is 4.97. The molecule has 1 N–H and O–H groups in total. The molecule has 1 saturated carbocycles. The molecule has 1 aliphatic rings. The molecule has 3 heterocycles. The molecule has 14 heteroatoms. The van der Waals surface area contributed by atoms with E-state index in [0.717, 1.165) is 16.5 Å². The Bertz CT molecular complexity index is 1250. The predicted molar refractivity (Wildman–Crippen MR) is 91.0 cm³/mol. The van der Waals surface area contributed by atoms with Crippen LogP contribution in [0.2, 0.25) is 5.28 Å². The van der Waals surface area contributed by atoms with E-state index in [1.54, 1.807) is 0 Å². The van der Waals surface area contributed by atoms with Gasteiger partial charge in [-0.25, -0.2) is 0 Å². The third-order valence-corrected chi connectivity index (χ3v) is 7.80. The molecule has 1 fully saturated rings. The number of aromatic nitrogens is 4. The zero-order chi connectivity index (χ0) is 20.3. The molecule has 0 unspecified atom stereocenters. The van der Waals surface area contributed by atoms with Gasteiger partial charge in [-0.15, -0.1) is 0 Å². The molecule has 146 valence electrons. The molecule has 4 rings (SSSR count). The van der Waals surface area contributed by atoms with Crippen molar-refractivity contribution in [2.45, 2.75) is 29.7 Å². The third kappa shape index (κ3) is 3.21. The summed E-state index contributed by atoms with van der Waals surface area (Å²) in [6.45, 7) is 0. The second-order valence-corrected chi connectivity index (χ2v) is 10.1. The number of fused-ring (bicyclic) bond motifs is 1. The summed E-state index contributed by atoms with van der Waals surface area (Å²) < 4.78 is 68.1. The van der Waals surface area contributed by atoms with E-state index in [2.05, 4.69) is 19.9 Å². The van der Waals surface area contributed by atoms with Gasteiger partial charge in [-0.05, 0) is 0 Å². The number of hydrogen-bond donors (Lipinski definition) is 1. The van der Waals surface area contributed by atoms with Gasteiger partial charge >= 0.3 is 167 Å². The van der Waals surface area contributed by atoms with Crippen LogP contribution in [0.4, 0.5) is 13.2 Å². The van der Waals surface area contributed by atoms with E-state index in [4.69, 9.17) is 16.9 Å². The fourth-order valence-electron chi connectivity index (χ4n) is 2.51. The van der Waals surface area contributed by atoms with Crippen LogP contribution in [0.1, 0.15) is 23.8 Å². The Balaban J connectivity index is 1.86. The second-order valence-electron chi connectivity index (χ2n) is 6.01. The van der Waals surface area contributed by atoms with Crippen LogP contribution in [0.15, 0.2) is 17.0 Å². The molecule has 0 amide bonds. The maximum atomic E-state index is 14.6. The van der Waals surface area contributed by atoms with Gasteiger partial charge in [0, 0.05) is 0 Å². The second kappa shape index (κ2) is 6.53. The molecule has 3 aromatic rings. The van der Waals surface area contributed by atoms with Crippen molar-refractivity contribution in [3.63, 3.8) is 0 Å². The van der Waals surface area contributed by atoms with Gasteiger partial charge in [0.05, 0.1) is 0 Å². The van der Waals surface area contributed by atoms with Crippen LogP contribution in [-0.2, 0) is 10.0 Å². The Labute approximate surface area is 166 Å². The first kappa shape index (κ1) is 19.4. The molecule has 0 aliphatic heterocycles. The fourth-order valence-corrected chi connectivity index (χ4v) is 5.63. The summed E-state index contributed by atoms with van der Waals surface area (Å²) in [5.41, 5.74) is -1.28. The first-order valence-corrected chi connectivity index (χ1v) is 11.2. The molecule has 0 aromatic carbocycles. The summed E-state index contributed by atoms with van der Waals surface area (Å²) in [4.78, 5) is 3.49. The van der Waals surface area contributed by atoms with Crippen molar-refractivity contribution < 1.29 is 21.6 Å². The van der Waals surface area contributed by atoms with Crippen LogP contribution < -0.4 is 4.72 Å². The van der Waals surface area contributed by atoms with E-state index in [-0.39, 0.29) is 21.1 Å². The molecule has 0 saturated heterocycles. The molecule has 0 radical (unpaired) electrons. The molecule has 0 bridgehead atoms. The van der Waals surface area contributed by atoms with Gasteiger partial charge in [-0.2, -0.15) is 0 Å². The van der Waals surface area contributed by atoms with Crippen LogP contribution in [-0.4, -0.2) is 48.0 Å². The van der Waals surface area contributed by atoms with E-state index in [9.17, 15) is 21.6 Å². The number of nitrogens with zero attached hydrogens (tertiary/aromatic N) is 5. The minimum absolute atomic E-state index is 0.0261. The van der Waals surface area contributed by atoms with Crippen LogP contribution in [0.3, 0.4) is 0 Å². The van der Waals surface area contributed by atoms with Crippen molar-refractivity contribution >= 4 is 41.6 Å². The molecule has 28 heavy (non-hydrogen) atoms. The fraction of sp³-hybridized carbons (Fsp3) is 0.286. The predicted octanol–water partition coefficient (Wildman–Crippen LogP) is 1.91. The minimum atomic E-state index is -4.22. The number of alkyl halides is 2. The molecular weight excluding hydrogens is 488 g/mol. The van der Waals surface area contributed by atoms with Gasteiger partial charge in [-0.1, -0.05) is 0 Å². The molecule has 1 aliphatic carbocycles. The van der Waals surface area contributed by atoms with Crippen molar-refractivity contribution in [2.75, 3.05) is 0 Å². The Morgan fingerprint density at radius 3 is 2.64 bits per heavy atom. The Kier molecular flexibility index (Phi) is 4.52. The van der Waals surface area contributed by atoms with E-state index in [1.807, 2.05) is 6.07 Å². The van der Waals surface area contributed by atoms with Crippen molar-refractivity contribution in [1.82, 2.24) is 24.3 Å². The zero-order valence-corrected chi connectivity index (χ0v) is 16.8. The number of rotatable bonds is 5. The normalized spacial score (nSPS) is 15.9. The van der Waals surface area contributed by atoms with Crippen LogP contribution in [0.25, 0.3) is 15.8 Å². The number of sulfonamides is 1. The topological polar surface area (TPSA) is 113 Å².